The summed E-state index contributed by atoms with van der Waals surface area (Å²) in [5, 5.41) is 12.3. The first kappa shape index (κ1) is 16.9. The lowest BCUT2D eigenvalue weighted by molar-refractivity contribution is -0.117. The standard InChI is InChI=1S/C18H22N2O3/c1-22-16-9-8-13(17(11-16)23-2)10-14(12-19)18(21)20-15-6-4-3-5-7-15/h8-11,15H,3-7H2,1-2H3,(H,20,21)/b14-10-. The van der Waals surface area contributed by atoms with E-state index in [9.17, 15) is 10.1 Å². The highest BCUT2D eigenvalue weighted by Crippen LogP contribution is 2.26. The summed E-state index contributed by atoms with van der Waals surface area (Å²) in [5.74, 6) is 0.893. The van der Waals surface area contributed by atoms with Crippen molar-refractivity contribution in [2.45, 2.75) is 38.1 Å². The van der Waals surface area contributed by atoms with Crippen LogP contribution in [0.2, 0.25) is 0 Å². The SMILES string of the molecule is COc1ccc(/C=C(/C#N)C(=O)NC2CCCCC2)c(OC)c1. The molecule has 1 aromatic carbocycles. The van der Waals surface area contributed by atoms with E-state index in [-0.39, 0.29) is 17.5 Å². The summed E-state index contributed by atoms with van der Waals surface area (Å²) >= 11 is 0. The molecule has 1 aliphatic carbocycles. The van der Waals surface area contributed by atoms with Crippen LogP contribution in [0.25, 0.3) is 6.08 Å². The summed E-state index contributed by atoms with van der Waals surface area (Å²) in [6.45, 7) is 0. The molecule has 122 valence electrons. The van der Waals surface area contributed by atoms with E-state index in [0.29, 0.717) is 17.1 Å². The van der Waals surface area contributed by atoms with Gasteiger partial charge in [-0.1, -0.05) is 19.3 Å². The minimum atomic E-state index is -0.322. The number of ether oxygens (including phenoxy) is 2. The largest absolute Gasteiger partial charge is 0.497 e. The van der Waals surface area contributed by atoms with Gasteiger partial charge in [0.2, 0.25) is 0 Å². The number of amides is 1. The molecule has 1 saturated carbocycles. The molecule has 0 saturated heterocycles. The van der Waals surface area contributed by atoms with E-state index in [1.165, 1.54) is 6.42 Å². The Labute approximate surface area is 136 Å². The molecule has 0 unspecified atom stereocenters. The van der Waals surface area contributed by atoms with Crippen molar-refractivity contribution in [3.05, 3.63) is 29.3 Å². The Morgan fingerprint density at radius 1 is 1.26 bits per heavy atom. The fourth-order valence-electron chi connectivity index (χ4n) is 2.75. The van der Waals surface area contributed by atoms with Gasteiger partial charge >= 0.3 is 0 Å². The van der Waals surface area contributed by atoms with Crippen molar-refractivity contribution in [1.29, 1.82) is 5.26 Å². The Balaban J connectivity index is 2.17. The van der Waals surface area contributed by atoms with Crippen LogP contribution in [0.1, 0.15) is 37.7 Å². The summed E-state index contributed by atoms with van der Waals surface area (Å²) < 4.78 is 10.4. The highest BCUT2D eigenvalue weighted by Gasteiger charge is 2.18. The molecule has 1 aromatic rings. The highest BCUT2D eigenvalue weighted by atomic mass is 16.5. The number of nitrogens with one attached hydrogen (secondary N) is 1. The lowest BCUT2D eigenvalue weighted by Crippen LogP contribution is -2.36. The van der Waals surface area contributed by atoms with Gasteiger partial charge in [-0.3, -0.25) is 4.79 Å². The third kappa shape index (κ3) is 4.49. The monoisotopic (exact) mass is 314 g/mol. The van der Waals surface area contributed by atoms with Crippen LogP contribution in [0.4, 0.5) is 0 Å². The Bertz CT molecular complexity index is 626. The summed E-state index contributed by atoms with van der Waals surface area (Å²) in [4.78, 5) is 12.3. The molecule has 0 aromatic heterocycles. The minimum Gasteiger partial charge on any atom is -0.497 e. The number of carbonyl (C=O) groups excluding carboxylic acids is 1. The van der Waals surface area contributed by atoms with Crippen molar-refractivity contribution in [3.63, 3.8) is 0 Å². The maximum Gasteiger partial charge on any atom is 0.262 e. The molecule has 1 N–H and O–H groups in total. The zero-order valence-electron chi connectivity index (χ0n) is 13.6. The number of hydrogen-bond donors (Lipinski definition) is 1. The van der Waals surface area contributed by atoms with Gasteiger partial charge in [-0.2, -0.15) is 5.26 Å². The molecule has 1 amide bonds. The van der Waals surface area contributed by atoms with Crippen LogP contribution in [-0.2, 0) is 4.79 Å². The van der Waals surface area contributed by atoms with Crippen LogP contribution in [-0.4, -0.2) is 26.2 Å². The second-order valence-electron chi connectivity index (χ2n) is 5.59. The van der Waals surface area contributed by atoms with E-state index in [1.54, 1.807) is 38.5 Å². The van der Waals surface area contributed by atoms with E-state index < -0.39 is 0 Å². The van der Waals surface area contributed by atoms with E-state index in [2.05, 4.69) is 5.32 Å². The number of carbonyl (C=O) groups is 1. The highest BCUT2D eigenvalue weighted by molar-refractivity contribution is 6.02. The van der Waals surface area contributed by atoms with Gasteiger partial charge in [0.05, 0.1) is 14.2 Å². The van der Waals surface area contributed by atoms with Gasteiger partial charge < -0.3 is 14.8 Å². The average Bonchev–Trinajstić information content (AvgIpc) is 2.60. The second-order valence-corrected chi connectivity index (χ2v) is 5.59. The molecule has 1 aliphatic rings. The molecule has 0 bridgehead atoms. The minimum absolute atomic E-state index is 0.0824. The predicted octanol–water partition coefficient (Wildman–Crippen LogP) is 3.06. The molecule has 0 spiro atoms. The number of nitriles is 1. The molecule has 0 radical (unpaired) electrons. The van der Waals surface area contributed by atoms with Gasteiger partial charge in [0.1, 0.15) is 23.1 Å². The average molecular weight is 314 g/mol. The van der Waals surface area contributed by atoms with Crippen LogP contribution >= 0.6 is 0 Å². The number of benzene rings is 1. The van der Waals surface area contributed by atoms with Gasteiger partial charge in [-0.05, 0) is 31.1 Å². The molecule has 2 rings (SSSR count). The first-order valence-electron chi connectivity index (χ1n) is 7.82. The molecular formula is C18H22N2O3. The fraction of sp³-hybridized carbons (Fsp3) is 0.444. The van der Waals surface area contributed by atoms with Gasteiger partial charge in [-0.15, -0.1) is 0 Å². The molecule has 5 nitrogen and oxygen atoms in total. The molecule has 5 heteroatoms. The molecular weight excluding hydrogens is 292 g/mol. The van der Waals surface area contributed by atoms with Crippen molar-refractivity contribution < 1.29 is 14.3 Å². The molecule has 0 heterocycles. The molecule has 23 heavy (non-hydrogen) atoms. The van der Waals surface area contributed by atoms with Crippen LogP contribution in [0.5, 0.6) is 11.5 Å². The normalized spacial score (nSPS) is 15.6. The maximum absolute atomic E-state index is 12.3. The zero-order chi connectivity index (χ0) is 16.7. The molecule has 1 fully saturated rings. The van der Waals surface area contributed by atoms with E-state index >= 15 is 0 Å². The lowest BCUT2D eigenvalue weighted by Gasteiger charge is -2.22. The summed E-state index contributed by atoms with van der Waals surface area (Å²) in [7, 11) is 3.11. The zero-order valence-corrected chi connectivity index (χ0v) is 13.6. The topological polar surface area (TPSA) is 71.3 Å². The predicted molar refractivity (Wildman–Crippen MR) is 88.2 cm³/mol. The van der Waals surface area contributed by atoms with Crippen molar-refractivity contribution >= 4 is 12.0 Å². The van der Waals surface area contributed by atoms with Gasteiger partial charge in [0.25, 0.3) is 5.91 Å². The first-order chi connectivity index (χ1) is 11.2. The Kier molecular flexibility index (Phi) is 6.04. The van der Waals surface area contributed by atoms with Crippen LogP contribution in [0, 0.1) is 11.3 Å². The van der Waals surface area contributed by atoms with E-state index in [0.717, 1.165) is 25.7 Å². The smallest absolute Gasteiger partial charge is 0.262 e. The molecule has 0 aliphatic heterocycles. The number of rotatable bonds is 5. The van der Waals surface area contributed by atoms with Crippen LogP contribution < -0.4 is 14.8 Å². The van der Waals surface area contributed by atoms with Crippen molar-refractivity contribution in [2.24, 2.45) is 0 Å². The van der Waals surface area contributed by atoms with E-state index in [4.69, 9.17) is 9.47 Å². The van der Waals surface area contributed by atoms with Gasteiger partial charge in [-0.25, -0.2) is 0 Å². The number of nitrogens with zero attached hydrogens (tertiary/aromatic N) is 1. The Morgan fingerprint density at radius 3 is 2.61 bits per heavy atom. The number of methoxy groups -OCH3 is 2. The van der Waals surface area contributed by atoms with Gasteiger partial charge in [0, 0.05) is 17.7 Å². The summed E-state index contributed by atoms with van der Waals surface area (Å²) in [6, 6.07) is 7.41. The maximum atomic E-state index is 12.3. The summed E-state index contributed by atoms with van der Waals surface area (Å²) in [6.07, 6.45) is 6.99. The van der Waals surface area contributed by atoms with Gasteiger partial charge in [0.15, 0.2) is 0 Å². The first-order valence-corrected chi connectivity index (χ1v) is 7.82. The third-order valence-electron chi connectivity index (χ3n) is 4.05. The van der Waals surface area contributed by atoms with Crippen molar-refractivity contribution in [3.8, 4) is 17.6 Å². The lowest BCUT2D eigenvalue weighted by atomic mass is 9.95. The van der Waals surface area contributed by atoms with Crippen molar-refractivity contribution in [2.75, 3.05) is 14.2 Å². The van der Waals surface area contributed by atoms with Crippen molar-refractivity contribution in [1.82, 2.24) is 5.32 Å². The van der Waals surface area contributed by atoms with E-state index in [1.807, 2.05) is 6.07 Å². The second kappa shape index (κ2) is 8.23. The third-order valence-corrected chi connectivity index (χ3v) is 4.05. The quantitative estimate of drug-likeness (QED) is 0.670. The Morgan fingerprint density at radius 2 is 2.00 bits per heavy atom. The fourth-order valence-corrected chi connectivity index (χ4v) is 2.75. The number of hydrogen-bond acceptors (Lipinski definition) is 4. The Hall–Kier alpha value is -2.48. The summed E-state index contributed by atoms with van der Waals surface area (Å²) in [5.41, 5.74) is 0.752. The van der Waals surface area contributed by atoms with Crippen LogP contribution in [0.15, 0.2) is 23.8 Å². The molecule has 0 atom stereocenters. The van der Waals surface area contributed by atoms with Crippen LogP contribution in [0.3, 0.4) is 0 Å².